The summed E-state index contributed by atoms with van der Waals surface area (Å²) in [5.41, 5.74) is 0.942. The van der Waals surface area contributed by atoms with Crippen LogP contribution >= 0.6 is 0 Å². The van der Waals surface area contributed by atoms with Crippen LogP contribution in [0.5, 0.6) is 0 Å². The van der Waals surface area contributed by atoms with E-state index in [9.17, 15) is 10.1 Å². The molecule has 4 heteroatoms. The molecule has 0 saturated heterocycles. The van der Waals surface area contributed by atoms with E-state index in [0.717, 1.165) is 36.7 Å². The highest BCUT2D eigenvalue weighted by Gasteiger charge is 2.14. The number of benzene rings is 1. The molecule has 0 fully saturated rings. The Balaban J connectivity index is 2.39. The number of unbranched alkanes of at least 4 members (excludes halogenated alkanes) is 2. The molecular weight excluding hydrogens is 216 g/mol. The van der Waals surface area contributed by atoms with E-state index in [4.69, 9.17) is 0 Å². The first kappa shape index (κ1) is 11.6. The lowest BCUT2D eigenvalue weighted by Crippen LogP contribution is -1.99. The van der Waals surface area contributed by atoms with Gasteiger partial charge in [-0.05, 0) is 12.5 Å². The molecule has 0 amide bonds. The number of hydrogen-bond donors (Lipinski definition) is 0. The topological polar surface area (TPSA) is 48.1 Å². The van der Waals surface area contributed by atoms with Gasteiger partial charge in [-0.3, -0.25) is 10.1 Å². The van der Waals surface area contributed by atoms with Crippen molar-refractivity contribution < 1.29 is 4.92 Å². The van der Waals surface area contributed by atoms with Crippen LogP contribution in [0.4, 0.5) is 5.69 Å². The molecular formula is C13H16N2O2. The molecule has 1 aromatic carbocycles. The Morgan fingerprint density at radius 2 is 2.12 bits per heavy atom. The molecule has 2 rings (SSSR count). The van der Waals surface area contributed by atoms with Crippen LogP contribution in [0, 0.1) is 10.1 Å². The SMILES string of the molecule is CCCCCn1ccc2cccc([N+](=O)[O-])c21. The van der Waals surface area contributed by atoms with Crippen LogP contribution < -0.4 is 0 Å². The summed E-state index contributed by atoms with van der Waals surface area (Å²) in [7, 11) is 0. The molecule has 2 aromatic rings. The second-order valence-electron chi connectivity index (χ2n) is 4.19. The van der Waals surface area contributed by atoms with Gasteiger partial charge in [-0.25, -0.2) is 0 Å². The van der Waals surface area contributed by atoms with Gasteiger partial charge in [0.15, 0.2) is 0 Å². The van der Waals surface area contributed by atoms with Crippen molar-refractivity contribution in [3.63, 3.8) is 0 Å². The van der Waals surface area contributed by atoms with Crippen molar-refractivity contribution >= 4 is 16.6 Å². The second-order valence-corrected chi connectivity index (χ2v) is 4.19. The molecule has 4 nitrogen and oxygen atoms in total. The molecule has 0 saturated carbocycles. The maximum absolute atomic E-state index is 11.0. The van der Waals surface area contributed by atoms with Gasteiger partial charge in [-0.2, -0.15) is 0 Å². The molecule has 0 spiro atoms. The lowest BCUT2D eigenvalue weighted by Gasteiger charge is -2.04. The molecule has 90 valence electrons. The Kier molecular flexibility index (Phi) is 3.42. The van der Waals surface area contributed by atoms with Crippen LogP contribution in [-0.2, 0) is 6.54 Å². The van der Waals surface area contributed by atoms with Gasteiger partial charge in [-0.15, -0.1) is 0 Å². The predicted octanol–water partition coefficient (Wildman–Crippen LogP) is 3.74. The number of non-ortho nitro benzene ring substituents is 1. The summed E-state index contributed by atoms with van der Waals surface area (Å²) in [6.45, 7) is 3.00. The summed E-state index contributed by atoms with van der Waals surface area (Å²) < 4.78 is 1.99. The van der Waals surface area contributed by atoms with Crippen molar-refractivity contribution in [1.29, 1.82) is 0 Å². The minimum absolute atomic E-state index is 0.198. The first-order chi connectivity index (χ1) is 8.24. The van der Waals surface area contributed by atoms with Gasteiger partial charge >= 0.3 is 0 Å². The highest BCUT2D eigenvalue weighted by atomic mass is 16.6. The summed E-state index contributed by atoms with van der Waals surface area (Å²) in [4.78, 5) is 10.7. The van der Waals surface area contributed by atoms with E-state index in [-0.39, 0.29) is 10.6 Å². The number of nitro groups is 1. The van der Waals surface area contributed by atoms with Crippen molar-refractivity contribution in [2.24, 2.45) is 0 Å². The Bertz CT molecular complexity index is 531. The molecule has 0 radical (unpaired) electrons. The fourth-order valence-electron chi connectivity index (χ4n) is 2.11. The quantitative estimate of drug-likeness (QED) is 0.448. The van der Waals surface area contributed by atoms with Gasteiger partial charge in [0.1, 0.15) is 5.52 Å². The average Bonchev–Trinajstić information content (AvgIpc) is 2.73. The molecule has 0 aliphatic rings. The van der Waals surface area contributed by atoms with Crippen molar-refractivity contribution in [2.45, 2.75) is 32.7 Å². The lowest BCUT2D eigenvalue weighted by atomic mass is 10.2. The Hall–Kier alpha value is -1.84. The van der Waals surface area contributed by atoms with E-state index < -0.39 is 0 Å². The molecule has 0 aliphatic heterocycles. The third-order valence-corrected chi connectivity index (χ3v) is 2.97. The predicted molar refractivity (Wildman–Crippen MR) is 68.1 cm³/mol. The van der Waals surface area contributed by atoms with E-state index >= 15 is 0 Å². The zero-order valence-electron chi connectivity index (χ0n) is 9.93. The van der Waals surface area contributed by atoms with E-state index in [0.29, 0.717) is 0 Å². The monoisotopic (exact) mass is 232 g/mol. The number of nitrogens with zero attached hydrogens (tertiary/aromatic N) is 2. The standard InChI is InChI=1S/C13H16N2O2/c1-2-3-4-9-14-10-8-11-6-5-7-12(13(11)14)15(16)17/h5-8,10H,2-4,9H2,1H3. The van der Waals surface area contributed by atoms with Crippen molar-refractivity contribution in [1.82, 2.24) is 4.57 Å². The Morgan fingerprint density at radius 1 is 1.29 bits per heavy atom. The third-order valence-electron chi connectivity index (χ3n) is 2.97. The number of hydrogen-bond acceptors (Lipinski definition) is 2. The van der Waals surface area contributed by atoms with Gasteiger partial charge in [0.2, 0.25) is 0 Å². The summed E-state index contributed by atoms with van der Waals surface area (Å²) in [6, 6.07) is 7.16. The fourth-order valence-corrected chi connectivity index (χ4v) is 2.11. The zero-order valence-corrected chi connectivity index (χ0v) is 9.93. The molecule has 17 heavy (non-hydrogen) atoms. The van der Waals surface area contributed by atoms with Crippen LogP contribution in [0.25, 0.3) is 10.9 Å². The van der Waals surface area contributed by atoms with Crippen LogP contribution in [0.15, 0.2) is 30.5 Å². The first-order valence-corrected chi connectivity index (χ1v) is 5.96. The van der Waals surface area contributed by atoms with E-state index in [1.165, 1.54) is 0 Å². The number of aryl methyl sites for hydroxylation is 1. The highest BCUT2D eigenvalue weighted by molar-refractivity contribution is 5.88. The first-order valence-electron chi connectivity index (χ1n) is 5.96. The molecule has 0 atom stereocenters. The van der Waals surface area contributed by atoms with Gasteiger partial charge in [0, 0.05) is 24.2 Å². The summed E-state index contributed by atoms with van der Waals surface area (Å²) in [5.74, 6) is 0. The van der Waals surface area contributed by atoms with Crippen molar-refractivity contribution in [3.05, 3.63) is 40.6 Å². The highest BCUT2D eigenvalue weighted by Crippen LogP contribution is 2.26. The van der Waals surface area contributed by atoms with E-state index in [1.807, 2.05) is 22.9 Å². The van der Waals surface area contributed by atoms with Gasteiger partial charge < -0.3 is 4.57 Å². The Labute approximate surface area is 100 Å². The van der Waals surface area contributed by atoms with Crippen LogP contribution in [0.2, 0.25) is 0 Å². The maximum Gasteiger partial charge on any atom is 0.293 e. The summed E-state index contributed by atoms with van der Waals surface area (Å²) in [5, 5.41) is 11.9. The van der Waals surface area contributed by atoms with Crippen molar-refractivity contribution in [2.75, 3.05) is 0 Å². The number of para-hydroxylation sites is 1. The third kappa shape index (κ3) is 2.30. The van der Waals surface area contributed by atoms with Gasteiger partial charge in [0.05, 0.1) is 4.92 Å². The largest absolute Gasteiger partial charge is 0.342 e. The summed E-state index contributed by atoms with van der Waals surface area (Å²) in [6.07, 6.45) is 5.31. The molecule has 0 unspecified atom stereocenters. The van der Waals surface area contributed by atoms with Gasteiger partial charge in [-0.1, -0.05) is 31.9 Å². The smallest absolute Gasteiger partial charge is 0.293 e. The maximum atomic E-state index is 11.0. The minimum Gasteiger partial charge on any atom is -0.342 e. The van der Waals surface area contributed by atoms with Crippen LogP contribution in [-0.4, -0.2) is 9.49 Å². The summed E-state index contributed by atoms with van der Waals surface area (Å²) >= 11 is 0. The zero-order chi connectivity index (χ0) is 12.3. The number of fused-ring (bicyclic) bond motifs is 1. The van der Waals surface area contributed by atoms with Crippen LogP contribution in [0.3, 0.4) is 0 Å². The second kappa shape index (κ2) is 4.99. The minimum atomic E-state index is -0.307. The van der Waals surface area contributed by atoms with E-state index in [1.54, 1.807) is 12.1 Å². The number of nitro benzene ring substituents is 1. The molecule has 1 heterocycles. The van der Waals surface area contributed by atoms with Gasteiger partial charge in [0.25, 0.3) is 5.69 Å². The molecule has 0 N–H and O–H groups in total. The lowest BCUT2D eigenvalue weighted by molar-refractivity contribution is -0.383. The number of rotatable bonds is 5. The Morgan fingerprint density at radius 3 is 2.82 bits per heavy atom. The molecule has 0 aliphatic carbocycles. The average molecular weight is 232 g/mol. The van der Waals surface area contributed by atoms with Crippen LogP contribution in [0.1, 0.15) is 26.2 Å². The fraction of sp³-hybridized carbons (Fsp3) is 0.385. The van der Waals surface area contributed by atoms with E-state index in [2.05, 4.69) is 6.92 Å². The molecule has 0 bridgehead atoms. The van der Waals surface area contributed by atoms with Crippen molar-refractivity contribution in [3.8, 4) is 0 Å². The number of aromatic nitrogens is 1. The normalized spacial score (nSPS) is 10.9. The molecule has 1 aromatic heterocycles.